The first-order valence-electron chi connectivity index (χ1n) is 6.92. The molecule has 1 aliphatic carbocycles. The molecule has 0 bridgehead atoms. The van der Waals surface area contributed by atoms with Crippen molar-refractivity contribution in [2.75, 3.05) is 7.05 Å². The van der Waals surface area contributed by atoms with Gasteiger partial charge in [0.1, 0.15) is 0 Å². The molecule has 102 valence electrons. The van der Waals surface area contributed by atoms with Crippen LogP contribution in [-0.4, -0.2) is 18.1 Å². The largest absolute Gasteiger partial charge is 0.316 e. The molecule has 2 aromatic rings. The van der Waals surface area contributed by atoms with E-state index in [2.05, 4.69) is 41.1 Å². The number of nitrogens with zero attached hydrogens (tertiary/aromatic N) is 1. The Labute approximate surface area is 122 Å². The highest BCUT2D eigenvalue weighted by molar-refractivity contribution is 7.10. The molecule has 0 spiro atoms. The van der Waals surface area contributed by atoms with Gasteiger partial charge in [-0.25, -0.2) is 4.98 Å². The summed E-state index contributed by atoms with van der Waals surface area (Å²) < 4.78 is 0. The highest BCUT2D eigenvalue weighted by atomic mass is 32.1. The lowest BCUT2D eigenvalue weighted by Crippen LogP contribution is -2.35. The maximum atomic E-state index is 4.62. The number of thiophene rings is 1. The second kappa shape index (κ2) is 5.73. The van der Waals surface area contributed by atoms with Gasteiger partial charge in [-0.2, -0.15) is 0 Å². The van der Waals surface area contributed by atoms with Crippen molar-refractivity contribution in [3.8, 4) is 0 Å². The van der Waals surface area contributed by atoms with E-state index >= 15 is 0 Å². The summed E-state index contributed by atoms with van der Waals surface area (Å²) in [7, 11) is 2.09. The van der Waals surface area contributed by atoms with Crippen molar-refractivity contribution in [1.82, 2.24) is 10.3 Å². The van der Waals surface area contributed by atoms with Crippen molar-refractivity contribution in [2.24, 2.45) is 0 Å². The summed E-state index contributed by atoms with van der Waals surface area (Å²) in [5, 5.41) is 9.16. The van der Waals surface area contributed by atoms with Crippen LogP contribution < -0.4 is 5.32 Å². The number of hydrogen-bond acceptors (Lipinski definition) is 4. The second-order valence-corrected chi connectivity index (χ2v) is 7.32. The Morgan fingerprint density at radius 3 is 3.11 bits per heavy atom. The zero-order chi connectivity index (χ0) is 13.2. The second-order valence-electron chi connectivity index (χ2n) is 5.25. The molecule has 0 fully saturated rings. The van der Waals surface area contributed by atoms with E-state index in [1.807, 2.05) is 11.3 Å². The molecule has 0 aromatic carbocycles. The van der Waals surface area contributed by atoms with E-state index in [-0.39, 0.29) is 0 Å². The molecular weight excluding hydrogens is 272 g/mol. The van der Waals surface area contributed by atoms with Crippen LogP contribution >= 0.6 is 22.7 Å². The third-order valence-electron chi connectivity index (χ3n) is 4.05. The minimum Gasteiger partial charge on any atom is -0.316 e. The molecule has 1 N–H and O–H groups in total. The number of rotatable bonds is 4. The van der Waals surface area contributed by atoms with Crippen molar-refractivity contribution in [1.29, 1.82) is 0 Å². The van der Waals surface area contributed by atoms with Gasteiger partial charge in [0.25, 0.3) is 0 Å². The van der Waals surface area contributed by atoms with Crippen LogP contribution in [0.4, 0.5) is 0 Å². The highest BCUT2D eigenvalue weighted by Crippen LogP contribution is 2.37. The van der Waals surface area contributed by atoms with Gasteiger partial charge in [0.05, 0.1) is 10.7 Å². The van der Waals surface area contributed by atoms with E-state index in [9.17, 15) is 0 Å². The van der Waals surface area contributed by atoms with E-state index in [1.54, 1.807) is 21.8 Å². The number of thiazole rings is 1. The first-order valence-corrected chi connectivity index (χ1v) is 8.68. The normalized spacial score (nSPS) is 20.2. The molecule has 2 atom stereocenters. The predicted octanol–water partition coefficient (Wildman–Crippen LogP) is 3.76. The van der Waals surface area contributed by atoms with Crippen LogP contribution in [0.15, 0.2) is 16.8 Å². The van der Waals surface area contributed by atoms with E-state index in [1.165, 1.54) is 30.0 Å². The fourth-order valence-corrected chi connectivity index (χ4v) is 4.73. The number of nitrogens with one attached hydrogen (secondary N) is 1. The summed E-state index contributed by atoms with van der Waals surface area (Å²) >= 11 is 3.68. The summed E-state index contributed by atoms with van der Waals surface area (Å²) in [4.78, 5) is 6.22. The molecule has 2 heterocycles. The molecule has 2 aromatic heterocycles. The van der Waals surface area contributed by atoms with E-state index in [4.69, 9.17) is 0 Å². The quantitative estimate of drug-likeness (QED) is 0.928. The number of hydrogen-bond donors (Lipinski definition) is 1. The number of likely N-dealkylation sites (N-methyl/N-ethyl adjacent to an activating group) is 1. The van der Waals surface area contributed by atoms with Crippen molar-refractivity contribution in [3.63, 3.8) is 0 Å². The van der Waals surface area contributed by atoms with E-state index < -0.39 is 0 Å². The van der Waals surface area contributed by atoms with E-state index in [0.29, 0.717) is 12.0 Å². The molecule has 2 unspecified atom stereocenters. The highest BCUT2D eigenvalue weighted by Gasteiger charge is 2.28. The monoisotopic (exact) mass is 292 g/mol. The smallest absolute Gasteiger partial charge is 0.0897 e. The lowest BCUT2D eigenvalue weighted by Gasteiger charge is -2.30. The molecule has 0 saturated carbocycles. The van der Waals surface area contributed by atoms with Crippen LogP contribution in [0.25, 0.3) is 0 Å². The summed E-state index contributed by atoms with van der Waals surface area (Å²) in [5.41, 5.74) is 2.83. The fourth-order valence-electron chi connectivity index (χ4n) is 3.11. The summed E-state index contributed by atoms with van der Waals surface area (Å²) in [6, 6.07) is 2.84. The average Bonchev–Trinajstić information content (AvgIpc) is 3.04. The Hall–Kier alpha value is -0.710. The van der Waals surface area contributed by atoms with Gasteiger partial charge < -0.3 is 5.32 Å². The van der Waals surface area contributed by atoms with Gasteiger partial charge in [-0.1, -0.05) is 0 Å². The Kier molecular flexibility index (Phi) is 4.01. The maximum absolute atomic E-state index is 4.62. The van der Waals surface area contributed by atoms with Gasteiger partial charge >= 0.3 is 0 Å². The van der Waals surface area contributed by atoms with Crippen LogP contribution in [0.3, 0.4) is 0 Å². The van der Waals surface area contributed by atoms with Crippen LogP contribution in [0.1, 0.15) is 39.9 Å². The zero-order valence-electron chi connectivity index (χ0n) is 11.5. The van der Waals surface area contributed by atoms with Crippen molar-refractivity contribution >= 4 is 22.7 Å². The Morgan fingerprint density at radius 1 is 1.47 bits per heavy atom. The van der Waals surface area contributed by atoms with Crippen molar-refractivity contribution in [3.05, 3.63) is 38.0 Å². The molecule has 1 aliphatic rings. The Balaban J connectivity index is 1.80. The standard InChI is InChI=1S/C15H20N2S2/c1-10-17-11(9-19-10)8-14(16-2)12-4-3-5-15-13(12)6-7-18-15/h6-7,9,12,14,16H,3-5,8H2,1-2H3. The first-order chi connectivity index (χ1) is 9.28. The summed E-state index contributed by atoms with van der Waals surface area (Å²) in [6.45, 7) is 2.08. The lowest BCUT2D eigenvalue weighted by atomic mass is 9.81. The third kappa shape index (κ3) is 2.76. The van der Waals surface area contributed by atoms with Gasteiger partial charge in [-0.3, -0.25) is 0 Å². The minimum absolute atomic E-state index is 0.509. The average molecular weight is 292 g/mol. The third-order valence-corrected chi connectivity index (χ3v) is 5.87. The molecule has 0 amide bonds. The number of aromatic nitrogens is 1. The van der Waals surface area contributed by atoms with Crippen LogP contribution in [0.2, 0.25) is 0 Å². The van der Waals surface area contributed by atoms with Gasteiger partial charge in [0.2, 0.25) is 0 Å². The SMILES string of the molecule is CNC(Cc1csc(C)n1)C1CCCc2sccc21. The first kappa shape index (κ1) is 13.3. The molecule has 0 aliphatic heterocycles. The summed E-state index contributed by atoms with van der Waals surface area (Å²) in [6.07, 6.45) is 4.95. The molecule has 4 heteroatoms. The Morgan fingerprint density at radius 2 is 2.37 bits per heavy atom. The molecule has 2 nitrogen and oxygen atoms in total. The molecule has 0 radical (unpaired) electrons. The maximum Gasteiger partial charge on any atom is 0.0897 e. The summed E-state index contributed by atoms with van der Waals surface area (Å²) in [5.74, 6) is 0.655. The zero-order valence-corrected chi connectivity index (χ0v) is 13.1. The van der Waals surface area contributed by atoms with Gasteiger partial charge in [0.15, 0.2) is 0 Å². The van der Waals surface area contributed by atoms with Crippen LogP contribution in [0, 0.1) is 6.92 Å². The molecular formula is C15H20N2S2. The van der Waals surface area contributed by atoms with Gasteiger partial charge in [-0.05, 0) is 50.2 Å². The lowest BCUT2D eigenvalue weighted by molar-refractivity contribution is 0.411. The van der Waals surface area contributed by atoms with Crippen LogP contribution in [-0.2, 0) is 12.8 Å². The Bertz CT molecular complexity index is 544. The van der Waals surface area contributed by atoms with Crippen molar-refractivity contribution in [2.45, 2.75) is 44.6 Å². The molecule has 3 rings (SSSR count). The van der Waals surface area contributed by atoms with Crippen molar-refractivity contribution < 1.29 is 0 Å². The fraction of sp³-hybridized carbons (Fsp3) is 0.533. The number of aryl methyl sites for hydroxylation is 2. The minimum atomic E-state index is 0.509. The number of fused-ring (bicyclic) bond motifs is 1. The molecule has 19 heavy (non-hydrogen) atoms. The topological polar surface area (TPSA) is 24.9 Å². The molecule has 0 saturated heterocycles. The predicted molar refractivity (Wildman–Crippen MR) is 83.4 cm³/mol. The van der Waals surface area contributed by atoms with Gasteiger partial charge in [-0.15, -0.1) is 22.7 Å². The van der Waals surface area contributed by atoms with Gasteiger partial charge in [0, 0.05) is 28.6 Å². The van der Waals surface area contributed by atoms with Crippen LogP contribution in [0.5, 0.6) is 0 Å². The van der Waals surface area contributed by atoms with E-state index in [0.717, 1.165) is 6.42 Å².